The molecule has 0 amide bonds. The van der Waals surface area contributed by atoms with Gasteiger partial charge in [-0.2, -0.15) is 5.10 Å². The minimum absolute atomic E-state index is 1.50. The van der Waals surface area contributed by atoms with E-state index >= 15 is 0 Å². The summed E-state index contributed by atoms with van der Waals surface area (Å²) in [5.41, 5.74) is 7.43. The van der Waals surface area contributed by atoms with Gasteiger partial charge in [-0.3, -0.25) is 0 Å². The Morgan fingerprint density at radius 3 is 1.89 bits per heavy atom. The number of hydrogen-bond donors (Lipinski definition) is 2. The Kier molecular flexibility index (Phi) is 19.1. The lowest BCUT2D eigenvalue weighted by Crippen LogP contribution is -1.90. The molecule has 0 aliphatic carbocycles. The third-order valence-corrected chi connectivity index (χ3v) is 0.451. The first-order valence-electron chi connectivity index (χ1n) is 2.80. The highest BCUT2D eigenvalue weighted by Gasteiger charge is 1.44. The van der Waals surface area contributed by atoms with Crippen molar-refractivity contribution in [2.45, 2.75) is 13.8 Å². The lowest BCUT2D eigenvalue weighted by molar-refractivity contribution is 0.906. The van der Waals surface area contributed by atoms with Crippen LogP contribution in [0.25, 0.3) is 0 Å². The molecule has 0 saturated carbocycles. The Morgan fingerprint density at radius 2 is 1.89 bits per heavy atom. The molecule has 3 nitrogen and oxygen atoms in total. The molecular formula is C6H15N3. The van der Waals surface area contributed by atoms with Gasteiger partial charge in [-0.05, 0) is 20.0 Å². The zero-order chi connectivity index (χ0) is 7.54. The molecule has 0 atom stereocenters. The zero-order valence-electron chi connectivity index (χ0n) is 6.26. The number of hydrazone groups is 1. The molecule has 0 fully saturated rings. The average molecular weight is 129 g/mol. The van der Waals surface area contributed by atoms with E-state index in [1.165, 1.54) is 6.20 Å². The predicted octanol–water partition coefficient (Wildman–Crippen LogP) is 0.690. The first kappa shape index (κ1) is 10.9. The molecule has 0 rings (SSSR count). The quantitative estimate of drug-likeness (QED) is 0.404. The van der Waals surface area contributed by atoms with E-state index in [-0.39, 0.29) is 0 Å². The van der Waals surface area contributed by atoms with Crippen LogP contribution in [0.3, 0.4) is 0 Å². The molecule has 0 spiro atoms. The first-order chi connectivity index (χ1) is 4.33. The van der Waals surface area contributed by atoms with E-state index in [1.807, 2.05) is 13.8 Å². The largest absolute Gasteiger partial charge is 0.405 e. The first-order valence-corrected chi connectivity index (χ1v) is 2.80. The standard InChI is InChI=1S/C3H8N2.C3H7N/c1-3-5-4-2;1-2-3-4/h3-4H,1-2H3;2-3H,4H2,1H3/b;3-2+. The van der Waals surface area contributed by atoms with Crippen LogP contribution < -0.4 is 11.2 Å². The van der Waals surface area contributed by atoms with Crippen LogP contribution in [-0.4, -0.2) is 13.3 Å². The Labute approximate surface area is 56.6 Å². The van der Waals surface area contributed by atoms with E-state index in [0.717, 1.165) is 0 Å². The summed E-state index contributed by atoms with van der Waals surface area (Å²) in [6, 6.07) is 0. The van der Waals surface area contributed by atoms with E-state index in [0.29, 0.717) is 0 Å². The smallest absolute Gasteiger partial charge is 0.0217 e. The topological polar surface area (TPSA) is 50.4 Å². The zero-order valence-corrected chi connectivity index (χ0v) is 6.26. The van der Waals surface area contributed by atoms with Crippen LogP contribution in [0.1, 0.15) is 13.8 Å². The van der Waals surface area contributed by atoms with Crippen LogP contribution in [0.15, 0.2) is 17.4 Å². The van der Waals surface area contributed by atoms with Crippen LogP contribution in [0, 0.1) is 0 Å². The molecule has 0 aliphatic rings. The van der Waals surface area contributed by atoms with E-state index in [2.05, 4.69) is 10.5 Å². The minimum Gasteiger partial charge on any atom is -0.405 e. The summed E-state index contributed by atoms with van der Waals surface area (Å²) in [5.74, 6) is 0. The van der Waals surface area contributed by atoms with E-state index in [4.69, 9.17) is 5.73 Å². The second-order valence-corrected chi connectivity index (χ2v) is 1.14. The fraction of sp³-hybridized carbons (Fsp3) is 0.500. The minimum atomic E-state index is 1.50. The van der Waals surface area contributed by atoms with Crippen molar-refractivity contribution < 1.29 is 0 Å². The van der Waals surface area contributed by atoms with Crippen molar-refractivity contribution in [3.05, 3.63) is 12.3 Å². The van der Waals surface area contributed by atoms with E-state index in [9.17, 15) is 0 Å². The third kappa shape index (κ3) is 43.6. The number of rotatable bonds is 1. The van der Waals surface area contributed by atoms with Crippen LogP contribution in [0.2, 0.25) is 0 Å². The molecule has 0 aromatic rings. The molecule has 3 N–H and O–H groups in total. The molecule has 9 heavy (non-hydrogen) atoms. The Morgan fingerprint density at radius 1 is 1.44 bits per heavy atom. The lowest BCUT2D eigenvalue weighted by atomic mass is 10.7. The molecule has 0 saturated heterocycles. The van der Waals surface area contributed by atoms with Crippen molar-refractivity contribution in [3.63, 3.8) is 0 Å². The molecule has 0 bridgehead atoms. The highest BCUT2D eigenvalue weighted by atomic mass is 15.2. The summed E-state index contributed by atoms with van der Waals surface area (Å²) in [6.45, 7) is 3.73. The summed E-state index contributed by atoms with van der Waals surface area (Å²) in [6.07, 6.45) is 4.97. The second kappa shape index (κ2) is 15.7. The molecular weight excluding hydrogens is 114 g/mol. The van der Waals surface area contributed by atoms with Gasteiger partial charge in [-0.1, -0.05) is 6.08 Å². The van der Waals surface area contributed by atoms with Crippen molar-refractivity contribution >= 4 is 6.21 Å². The van der Waals surface area contributed by atoms with Gasteiger partial charge in [0.15, 0.2) is 0 Å². The summed E-state index contributed by atoms with van der Waals surface area (Å²) in [4.78, 5) is 0. The molecule has 0 aliphatic heterocycles. The number of nitrogens with zero attached hydrogens (tertiary/aromatic N) is 1. The Hall–Kier alpha value is -0.990. The van der Waals surface area contributed by atoms with Gasteiger partial charge in [0.25, 0.3) is 0 Å². The summed E-state index contributed by atoms with van der Waals surface area (Å²) < 4.78 is 0. The molecule has 54 valence electrons. The predicted molar refractivity (Wildman–Crippen MR) is 42.2 cm³/mol. The number of nitrogens with two attached hydrogens (primary N) is 1. The fourth-order valence-corrected chi connectivity index (χ4v) is 0.129. The summed E-state index contributed by atoms with van der Waals surface area (Å²) in [7, 11) is 1.76. The maximum Gasteiger partial charge on any atom is 0.0217 e. The van der Waals surface area contributed by atoms with Gasteiger partial charge in [0.2, 0.25) is 0 Å². The molecule has 0 aromatic heterocycles. The van der Waals surface area contributed by atoms with Gasteiger partial charge in [0.1, 0.15) is 0 Å². The van der Waals surface area contributed by atoms with E-state index < -0.39 is 0 Å². The molecule has 0 heterocycles. The monoisotopic (exact) mass is 129 g/mol. The maximum atomic E-state index is 4.85. The van der Waals surface area contributed by atoms with Crippen molar-refractivity contribution in [1.29, 1.82) is 0 Å². The van der Waals surface area contributed by atoms with Crippen LogP contribution >= 0.6 is 0 Å². The summed E-state index contributed by atoms with van der Waals surface area (Å²) in [5, 5.41) is 3.60. The van der Waals surface area contributed by atoms with Crippen molar-refractivity contribution in [2.24, 2.45) is 10.8 Å². The fourth-order valence-electron chi connectivity index (χ4n) is 0.129. The maximum absolute atomic E-state index is 4.85. The van der Waals surface area contributed by atoms with Crippen LogP contribution in [-0.2, 0) is 0 Å². The molecule has 0 radical (unpaired) electrons. The second-order valence-electron chi connectivity index (χ2n) is 1.14. The Balaban J connectivity index is 0. The van der Waals surface area contributed by atoms with Gasteiger partial charge < -0.3 is 11.2 Å². The third-order valence-electron chi connectivity index (χ3n) is 0.451. The van der Waals surface area contributed by atoms with E-state index in [1.54, 1.807) is 19.3 Å². The normalized spacial score (nSPS) is 9.22. The molecule has 0 aromatic carbocycles. The van der Waals surface area contributed by atoms with Gasteiger partial charge in [-0.15, -0.1) is 0 Å². The highest BCUT2D eigenvalue weighted by Crippen LogP contribution is 1.47. The summed E-state index contributed by atoms with van der Waals surface area (Å²) >= 11 is 0. The van der Waals surface area contributed by atoms with Crippen LogP contribution in [0.5, 0.6) is 0 Å². The van der Waals surface area contributed by atoms with Gasteiger partial charge >= 0.3 is 0 Å². The van der Waals surface area contributed by atoms with Crippen molar-refractivity contribution in [2.75, 3.05) is 7.05 Å². The molecule has 3 heteroatoms. The lowest BCUT2D eigenvalue weighted by Gasteiger charge is -1.75. The van der Waals surface area contributed by atoms with Gasteiger partial charge in [0.05, 0.1) is 0 Å². The van der Waals surface area contributed by atoms with Crippen molar-refractivity contribution in [3.8, 4) is 0 Å². The highest BCUT2D eigenvalue weighted by molar-refractivity contribution is 5.52. The van der Waals surface area contributed by atoms with Crippen LogP contribution in [0.4, 0.5) is 0 Å². The number of nitrogens with one attached hydrogen (secondary N) is 1. The SMILES string of the molecule is C/C=C/N.CC=NNC. The number of allylic oxidation sites excluding steroid dienone is 1. The average Bonchev–Trinajstić information content (AvgIpc) is 1.91. The molecule has 0 unspecified atom stereocenters. The number of hydrogen-bond acceptors (Lipinski definition) is 3. The van der Waals surface area contributed by atoms with Crippen molar-refractivity contribution in [1.82, 2.24) is 5.43 Å². The Bertz CT molecular complexity index is 72.4. The van der Waals surface area contributed by atoms with Gasteiger partial charge in [-0.25, -0.2) is 0 Å². The van der Waals surface area contributed by atoms with Gasteiger partial charge in [0, 0.05) is 13.3 Å².